The van der Waals surface area contributed by atoms with Gasteiger partial charge in [0, 0.05) is 25.0 Å². The van der Waals surface area contributed by atoms with Crippen molar-refractivity contribution >= 4 is 17.3 Å². The quantitative estimate of drug-likeness (QED) is 0.654. The molecule has 0 amide bonds. The Labute approximate surface area is 114 Å². The summed E-state index contributed by atoms with van der Waals surface area (Å²) in [6.45, 7) is 5.44. The molecule has 0 saturated heterocycles. The summed E-state index contributed by atoms with van der Waals surface area (Å²) < 4.78 is 5.02. The zero-order valence-electron chi connectivity index (χ0n) is 11.8. The first kappa shape index (κ1) is 13.7. The third kappa shape index (κ3) is 3.19. The van der Waals surface area contributed by atoms with E-state index in [1.54, 1.807) is 13.0 Å². The van der Waals surface area contributed by atoms with Crippen molar-refractivity contribution in [2.45, 2.75) is 20.3 Å². The van der Waals surface area contributed by atoms with Crippen LogP contribution < -0.4 is 10.6 Å². The summed E-state index contributed by atoms with van der Waals surface area (Å²) in [5.41, 5.74) is 7.77. The summed E-state index contributed by atoms with van der Waals surface area (Å²) in [7, 11) is 2.05. The SMILES string of the molecule is CCOC(=O)c1cc(N(C)CC2CC2C)ccc1N. The Morgan fingerprint density at radius 3 is 2.79 bits per heavy atom. The Balaban J connectivity index is 2.12. The first-order valence-electron chi connectivity index (χ1n) is 6.80. The second-order valence-corrected chi connectivity index (χ2v) is 5.35. The van der Waals surface area contributed by atoms with Crippen LogP contribution in [0, 0.1) is 11.8 Å². The van der Waals surface area contributed by atoms with E-state index in [-0.39, 0.29) is 5.97 Å². The van der Waals surface area contributed by atoms with Gasteiger partial charge in [0.2, 0.25) is 0 Å². The Bertz CT molecular complexity index is 473. The summed E-state index contributed by atoms with van der Waals surface area (Å²) in [6, 6.07) is 5.54. The molecular weight excluding hydrogens is 240 g/mol. The van der Waals surface area contributed by atoms with Crippen LogP contribution in [0.2, 0.25) is 0 Å². The van der Waals surface area contributed by atoms with Gasteiger partial charge in [-0.05, 0) is 43.4 Å². The minimum Gasteiger partial charge on any atom is -0.462 e. The molecule has 2 atom stereocenters. The highest BCUT2D eigenvalue weighted by Gasteiger charge is 2.33. The number of ether oxygens (including phenoxy) is 1. The number of nitrogens with two attached hydrogens (primary N) is 1. The minimum absolute atomic E-state index is 0.352. The number of benzene rings is 1. The van der Waals surface area contributed by atoms with E-state index in [1.807, 2.05) is 19.2 Å². The molecule has 2 unspecified atom stereocenters. The van der Waals surface area contributed by atoms with E-state index in [2.05, 4.69) is 11.8 Å². The summed E-state index contributed by atoms with van der Waals surface area (Å²) in [6.07, 6.45) is 1.30. The van der Waals surface area contributed by atoms with Gasteiger partial charge in [-0.3, -0.25) is 0 Å². The Morgan fingerprint density at radius 1 is 1.53 bits per heavy atom. The largest absolute Gasteiger partial charge is 0.462 e. The smallest absolute Gasteiger partial charge is 0.340 e. The molecule has 0 spiro atoms. The average Bonchev–Trinajstić information content (AvgIpc) is 3.05. The number of anilines is 2. The van der Waals surface area contributed by atoms with E-state index < -0.39 is 0 Å². The molecule has 0 heterocycles. The molecule has 104 valence electrons. The number of carbonyl (C=O) groups excluding carboxylic acids is 1. The van der Waals surface area contributed by atoms with E-state index in [4.69, 9.17) is 10.5 Å². The molecule has 0 aromatic heterocycles. The lowest BCUT2D eigenvalue weighted by Crippen LogP contribution is -2.21. The van der Waals surface area contributed by atoms with Gasteiger partial charge < -0.3 is 15.4 Å². The molecule has 1 fully saturated rings. The van der Waals surface area contributed by atoms with Crippen LogP contribution in [0.3, 0.4) is 0 Å². The van der Waals surface area contributed by atoms with Crippen molar-refractivity contribution in [1.29, 1.82) is 0 Å². The number of carbonyl (C=O) groups is 1. The number of esters is 1. The van der Waals surface area contributed by atoms with Crippen LogP contribution in [-0.4, -0.2) is 26.2 Å². The van der Waals surface area contributed by atoms with Crippen LogP contribution in [0.5, 0.6) is 0 Å². The summed E-state index contributed by atoms with van der Waals surface area (Å²) in [5.74, 6) is 1.24. The highest BCUT2D eigenvalue weighted by atomic mass is 16.5. The molecule has 1 aliphatic rings. The predicted molar refractivity (Wildman–Crippen MR) is 77.4 cm³/mol. The summed E-state index contributed by atoms with van der Waals surface area (Å²) in [5, 5.41) is 0. The van der Waals surface area contributed by atoms with E-state index >= 15 is 0 Å². The third-order valence-electron chi connectivity index (χ3n) is 3.76. The molecule has 1 aromatic carbocycles. The van der Waals surface area contributed by atoms with E-state index in [0.717, 1.165) is 24.1 Å². The zero-order valence-corrected chi connectivity index (χ0v) is 11.8. The van der Waals surface area contributed by atoms with Crippen LogP contribution >= 0.6 is 0 Å². The monoisotopic (exact) mass is 262 g/mol. The van der Waals surface area contributed by atoms with Crippen molar-refractivity contribution < 1.29 is 9.53 Å². The number of hydrogen-bond donors (Lipinski definition) is 1. The topological polar surface area (TPSA) is 55.6 Å². The van der Waals surface area contributed by atoms with Crippen molar-refractivity contribution in [2.75, 3.05) is 30.8 Å². The van der Waals surface area contributed by atoms with Crippen LogP contribution in [0.4, 0.5) is 11.4 Å². The second-order valence-electron chi connectivity index (χ2n) is 5.35. The Hall–Kier alpha value is -1.71. The standard InChI is InChI=1S/C15H22N2O2/c1-4-19-15(18)13-8-12(5-6-14(13)16)17(3)9-11-7-10(11)2/h5-6,8,10-11H,4,7,9,16H2,1-3H3. The lowest BCUT2D eigenvalue weighted by Gasteiger charge is -2.20. The fraction of sp³-hybridized carbons (Fsp3) is 0.533. The van der Waals surface area contributed by atoms with Gasteiger partial charge in [-0.15, -0.1) is 0 Å². The molecule has 19 heavy (non-hydrogen) atoms. The highest BCUT2D eigenvalue weighted by molar-refractivity contribution is 5.96. The van der Waals surface area contributed by atoms with Gasteiger partial charge in [-0.2, -0.15) is 0 Å². The van der Waals surface area contributed by atoms with Crippen LogP contribution in [0.15, 0.2) is 18.2 Å². The summed E-state index contributed by atoms with van der Waals surface area (Å²) >= 11 is 0. The first-order valence-corrected chi connectivity index (χ1v) is 6.80. The van der Waals surface area contributed by atoms with Gasteiger partial charge in [0.25, 0.3) is 0 Å². The van der Waals surface area contributed by atoms with Gasteiger partial charge in [0.1, 0.15) is 0 Å². The lowest BCUT2D eigenvalue weighted by atomic mass is 10.1. The molecule has 1 aromatic rings. The fourth-order valence-corrected chi connectivity index (χ4v) is 2.28. The van der Waals surface area contributed by atoms with Crippen molar-refractivity contribution in [3.63, 3.8) is 0 Å². The molecule has 2 N–H and O–H groups in total. The van der Waals surface area contributed by atoms with Crippen molar-refractivity contribution in [1.82, 2.24) is 0 Å². The van der Waals surface area contributed by atoms with E-state index in [0.29, 0.717) is 17.9 Å². The lowest BCUT2D eigenvalue weighted by molar-refractivity contribution is 0.0527. The molecule has 4 heteroatoms. The third-order valence-corrected chi connectivity index (χ3v) is 3.76. The molecule has 1 saturated carbocycles. The van der Waals surface area contributed by atoms with Crippen molar-refractivity contribution in [2.24, 2.45) is 11.8 Å². The van der Waals surface area contributed by atoms with E-state index in [1.165, 1.54) is 6.42 Å². The molecule has 2 rings (SSSR count). The number of nitrogens with zero attached hydrogens (tertiary/aromatic N) is 1. The molecule has 0 aliphatic heterocycles. The maximum absolute atomic E-state index is 11.8. The number of hydrogen-bond acceptors (Lipinski definition) is 4. The van der Waals surface area contributed by atoms with Crippen LogP contribution in [0.1, 0.15) is 30.6 Å². The summed E-state index contributed by atoms with van der Waals surface area (Å²) in [4.78, 5) is 14.0. The Morgan fingerprint density at radius 2 is 2.21 bits per heavy atom. The van der Waals surface area contributed by atoms with Crippen LogP contribution in [0.25, 0.3) is 0 Å². The number of rotatable bonds is 5. The van der Waals surface area contributed by atoms with E-state index in [9.17, 15) is 4.79 Å². The first-order chi connectivity index (χ1) is 9.02. The van der Waals surface area contributed by atoms with Crippen LogP contribution in [-0.2, 0) is 4.74 Å². The Kier molecular flexibility index (Phi) is 3.98. The van der Waals surface area contributed by atoms with Gasteiger partial charge in [0.15, 0.2) is 0 Å². The molecule has 0 radical (unpaired) electrons. The van der Waals surface area contributed by atoms with Gasteiger partial charge >= 0.3 is 5.97 Å². The van der Waals surface area contributed by atoms with Crippen molar-refractivity contribution in [3.8, 4) is 0 Å². The number of nitrogen functional groups attached to an aromatic ring is 1. The van der Waals surface area contributed by atoms with Crippen molar-refractivity contribution in [3.05, 3.63) is 23.8 Å². The maximum atomic E-state index is 11.8. The fourth-order valence-electron chi connectivity index (χ4n) is 2.28. The molecule has 4 nitrogen and oxygen atoms in total. The molecule has 1 aliphatic carbocycles. The normalized spacial score (nSPS) is 21.0. The minimum atomic E-state index is -0.352. The van der Waals surface area contributed by atoms with Gasteiger partial charge in [-0.25, -0.2) is 4.79 Å². The van der Waals surface area contributed by atoms with Gasteiger partial charge in [0.05, 0.1) is 12.2 Å². The highest BCUT2D eigenvalue weighted by Crippen LogP contribution is 2.38. The second kappa shape index (κ2) is 5.51. The molecular formula is C15H22N2O2. The zero-order chi connectivity index (χ0) is 14.0. The predicted octanol–water partition coefficient (Wildman–Crippen LogP) is 2.54. The van der Waals surface area contributed by atoms with Gasteiger partial charge in [-0.1, -0.05) is 6.92 Å². The molecule has 0 bridgehead atoms. The maximum Gasteiger partial charge on any atom is 0.340 e. The average molecular weight is 262 g/mol.